The van der Waals surface area contributed by atoms with Crippen LogP contribution in [0.4, 0.5) is 33.7 Å². The molecule has 3 N–H and O–H groups in total. The Balaban J connectivity index is 2.15. The van der Waals surface area contributed by atoms with Crippen LogP contribution in [0.25, 0.3) is 0 Å². The molecule has 16 heteroatoms. The molecule has 1 saturated heterocycles. The van der Waals surface area contributed by atoms with E-state index in [4.69, 9.17) is 9.84 Å². The van der Waals surface area contributed by atoms with Gasteiger partial charge in [-0.2, -0.15) is 8.78 Å². The van der Waals surface area contributed by atoms with Crippen LogP contribution in [0.3, 0.4) is 0 Å². The van der Waals surface area contributed by atoms with Crippen molar-refractivity contribution in [3.63, 3.8) is 0 Å². The molecular formula is C19H27F4N5O6S. The highest BCUT2D eigenvalue weighted by molar-refractivity contribution is 7.89. The van der Waals surface area contributed by atoms with Gasteiger partial charge in [-0.25, -0.2) is 27.4 Å². The highest BCUT2D eigenvalue weighted by Gasteiger charge is 2.34. The van der Waals surface area contributed by atoms with Gasteiger partial charge in [0.25, 0.3) is 5.91 Å². The molecule has 11 nitrogen and oxygen atoms in total. The summed E-state index contributed by atoms with van der Waals surface area (Å²) >= 11 is 0. The smallest absolute Gasteiger partial charge is 0.414 e. The van der Waals surface area contributed by atoms with E-state index in [1.165, 1.54) is 11.9 Å². The maximum absolute atomic E-state index is 14.9. The zero-order valence-electron chi connectivity index (χ0n) is 19.0. The van der Waals surface area contributed by atoms with Gasteiger partial charge in [0.1, 0.15) is 11.8 Å². The Morgan fingerprint density at radius 2 is 1.91 bits per heavy atom. The number of rotatable bonds is 13. The third kappa shape index (κ3) is 7.16. The van der Waals surface area contributed by atoms with Crippen molar-refractivity contribution in [2.75, 3.05) is 61.9 Å². The molecule has 1 fully saturated rings. The first kappa shape index (κ1) is 28.5. The third-order valence-electron chi connectivity index (χ3n) is 5.09. The summed E-state index contributed by atoms with van der Waals surface area (Å²) in [6.45, 7) is 0.195. The van der Waals surface area contributed by atoms with E-state index >= 15 is 0 Å². The Labute approximate surface area is 199 Å². The molecule has 1 heterocycles. The second-order valence-corrected chi connectivity index (χ2v) is 9.35. The van der Waals surface area contributed by atoms with Crippen molar-refractivity contribution in [2.45, 2.75) is 19.5 Å². The number of carbonyl (C=O) groups is 2. The van der Waals surface area contributed by atoms with Gasteiger partial charge in [-0.1, -0.05) is 0 Å². The number of sulfonamides is 1. The molecule has 35 heavy (non-hydrogen) atoms. The minimum Gasteiger partial charge on any atom is -0.442 e. The number of anilines is 2. The molecule has 2 amide bonds. The number of alkyl halides is 2. The molecule has 0 aromatic heterocycles. The lowest BCUT2D eigenvalue weighted by atomic mass is 10.2. The normalized spacial score (nSPS) is 16.2. The SMILES string of the molecule is CCN(CCN(NC)S(=O)(=O)CCO)c1c(F)cc(N2C[C@H](CNC(=O)C(F)F)OC2=O)cc1F. The van der Waals surface area contributed by atoms with Gasteiger partial charge in [-0.15, -0.1) is 4.41 Å². The Morgan fingerprint density at radius 3 is 2.43 bits per heavy atom. The molecule has 0 radical (unpaired) electrons. The van der Waals surface area contributed by atoms with Crippen LogP contribution in [0.2, 0.25) is 0 Å². The standard InChI is InChI=1S/C19H27F4N5O6S/c1-3-26(4-5-28(24-2)35(32,33)7-6-29)16-14(20)8-12(9-15(16)21)27-11-13(34-19(27)31)10-25-18(30)17(22)23/h8-9,13,17,24,29H,3-7,10-11H2,1-2H3,(H,25,30)/t13-/m0/s1. The average molecular weight is 530 g/mol. The van der Waals surface area contributed by atoms with Gasteiger partial charge in [-0.05, 0) is 14.0 Å². The maximum Gasteiger partial charge on any atom is 0.414 e. The van der Waals surface area contributed by atoms with Crippen molar-refractivity contribution in [3.05, 3.63) is 23.8 Å². The number of nitrogens with zero attached hydrogens (tertiary/aromatic N) is 3. The molecule has 0 bridgehead atoms. The summed E-state index contributed by atoms with van der Waals surface area (Å²) in [5, 5.41) is 10.8. The molecule has 1 atom stereocenters. The Kier molecular flexibility index (Phi) is 10.1. The predicted molar refractivity (Wildman–Crippen MR) is 118 cm³/mol. The van der Waals surface area contributed by atoms with E-state index in [0.29, 0.717) is 0 Å². The summed E-state index contributed by atoms with van der Waals surface area (Å²) in [6, 6.07) is 1.78. The van der Waals surface area contributed by atoms with Crippen LogP contribution in [0.5, 0.6) is 0 Å². The minimum atomic E-state index is -3.84. The zero-order valence-corrected chi connectivity index (χ0v) is 19.8. The second kappa shape index (κ2) is 12.3. The summed E-state index contributed by atoms with van der Waals surface area (Å²) in [7, 11) is -2.49. The fraction of sp³-hybridized carbons (Fsp3) is 0.579. The van der Waals surface area contributed by atoms with Crippen LogP contribution < -0.4 is 20.5 Å². The number of benzene rings is 1. The average Bonchev–Trinajstić information content (AvgIpc) is 3.16. The topological polar surface area (TPSA) is 132 Å². The molecule has 1 aliphatic heterocycles. The largest absolute Gasteiger partial charge is 0.442 e. The Morgan fingerprint density at radius 1 is 1.29 bits per heavy atom. The third-order valence-corrected chi connectivity index (χ3v) is 6.83. The van der Waals surface area contributed by atoms with Crippen molar-refractivity contribution in [3.8, 4) is 0 Å². The number of hydrogen-bond donors (Lipinski definition) is 3. The van der Waals surface area contributed by atoms with Crippen LogP contribution >= 0.6 is 0 Å². The Hall–Kier alpha value is -2.69. The van der Waals surface area contributed by atoms with Crippen LogP contribution in [0.1, 0.15) is 6.92 Å². The van der Waals surface area contributed by atoms with E-state index in [9.17, 15) is 35.6 Å². The van der Waals surface area contributed by atoms with E-state index in [2.05, 4.69) is 5.43 Å². The molecule has 0 unspecified atom stereocenters. The summed E-state index contributed by atoms with van der Waals surface area (Å²) in [5.41, 5.74) is 1.83. The molecule has 2 rings (SSSR count). The molecule has 0 spiro atoms. The van der Waals surface area contributed by atoms with E-state index < -0.39 is 70.8 Å². The lowest BCUT2D eigenvalue weighted by Gasteiger charge is -2.28. The predicted octanol–water partition coefficient (Wildman–Crippen LogP) is 0.256. The van der Waals surface area contributed by atoms with Gasteiger partial charge in [0.15, 0.2) is 11.6 Å². The van der Waals surface area contributed by atoms with E-state index in [1.54, 1.807) is 6.92 Å². The molecule has 1 aromatic carbocycles. The van der Waals surface area contributed by atoms with Gasteiger partial charge in [0.2, 0.25) is 10.0 Å². The fourth-order valence-electron chi connectivity index (χ4n) is 3.40. The summed E-state index contributed by atoms with van der Waals surface area (Å²) in [6.07, 6.45) is -5.22. The number of aliphatic hydroxyl groups is 1. The molecule has 0 aliphatic carbocycles. The van der Waals surface area contributed by atoms with Crippen LogP contribution in [0.15, 0.2) is 12.1 Å². The zero-order chi connectivity index (χ0) is 26.3. The number of hydrazine groups is 1. The lowest BCUT2D eigenvalue weighted by molar-refractivity contribution is -0.132. The lowest BCUT2D eigenvalue weighted by Crippen LogP contribution is -2.46. The van der Waals surface area contributed by atoms with Gasteiger partial charge in [0.05, 0.1) is 31.1 Å². The number of cyclic esters (lactones) is 1. The van der Waals surface area contributed by atoms with Gasteiger partial charge in [-0.3, -0.25) is 9.69 Å². The number of nitrogens with one attached hydrogen (secondary N) is 2. The highest BCUT2D eigenvalue weighted by atomic mass is 32.2. The molecule has 1 aromatic rings. The first-order valence-electron chi connectivity index (χ1n) is 10.5. The first-order chi connectivity index (χ1) is 16.4. The molecule has 1 aliphatic rings. The van der Waals surface area contributed by atoms with E-state index in [1.807, 2.05) is 5.32 Å². The van der Waals surface area contributed by atoms with Crippen LogP contribution in [0, 0.1) is 11.6 Å². The number of amides is 2. The quantitative estimate of drug-likeness (QED) is 0.245. The second-order valence-electron chi connectivity index (χ2n) is 7.34. The number of ether oxygens (including phenoxy) is 1. The minimum absolute atomic E-state index is 0.104. The van der Waals surface area contributed by atoms with Crippen molar-refractivity contribution in [1.29, 1.82) is 0 Å². The molecule has 198 valence electrons. The van der Waals surface area contributed by atoms with Crippen molar-refractivity contribution in [2.24, 2.45) is 0 Å². The highest BCUT2D eigenvalue weighted by Crippen LogP contribution is 2.31. The van der Waals surface area contributed by atoms with Gasteiger partial charge >= 0.3 is 12.5 Å². The number of aliphatic hydroxyl groups excluding tert-OH is 1. The molecule has 0 saturated carbocycles. The number of carbonyl (C=O) groups excluding carboxylic acids is 2. The van der Waals surface area contributed by atoms with Crippen molar-refractivity contribution < 1.29 is 45.4 Å². The van der Waals surface area contributed by atoms with Crippen molar-refractivity contribution in [1.82, 2.24) is 15.2 Å². The number of hydrogen-bond acceptors (Lipinski definition) is 8. The van der Waals surface area contributed by atoms with E-state index in [-0.39, 0.29) is 31.9 Å². The van der Waals surface area contributed by atoms with Gasteiger partial charge < -0.3 is 20.1 Å². The molecular weight excluding hydrogens is 502 g/mol. The van der Waals surface area contributed by atoms with Crippen LogP contribution in [-0.4, -0.2) is 94.6 Å². The number of halogens is 4. The van der Waals surface area contributed by atoms with Crippen molar-refractivity contribution >= 4 is 33.4 Å². The Bertz CT molecular complexity index is 992. The fourth-order valence-corrected chi connectivity index (χ4v) is 4.48. The van der Waals surface area contributed by atoms with Gasteiger partial charge in [0, 0.05) is 31.8 Å². The monoisotopic (exact) mass is 529 g/mol. The number of likely N-dealkylation sites (N-methyl/N-ethyl adjacent to an activating group) is 1. The maximum atomic E-state index is 14.9. The van der Waals surface area contributed by atoms with E-state index in [0.717, 1.165) is 21.4 Å². The van der Waals surface area contributed by atoms with Crippen LogP contribution in [-0.2, 0) is 19.6 Å². The summed E-state index contributed by atoms with van der Waals surface area (Å²) in [5.74, 6) is -4.13. The summed E-state index contributed by atoms with van der Waals surface area (Å²) in [4.78, 5) is 25.3. The summed E-state index contributed by atoms with van der Waals surface area (Å²) < 4.78 is 84.5. The first-order valence-corrected chi connectivity index (χ1v) is 12.1.